The van der Waals surface area contributed by atoms with Crippen molar-refractivity contribution >= 4 is 27.5 Å². The Bertz CT molecular complexity index is 1110. The number of hydrogen-bond acceptors (Lipinski definition) is 7. The first kappa shape index (κ1) is 17.4. The number of aromatic nitrogens is 4. The predicted molar refractivity (Wildman–Crippen MR) is 101 cm³/mol. The molecule has 4 aromatic rings. The first-order valence-corrected chi connectivity index (χ1v) is 9.30. The van der Waals surface area contributed by atoms with Gasteiger partial charge in [0.15, 0.2) is 12.4 Å². The molecule has 0 saturated heterocycles. The van der Waals surface area contributed by atoms with Gasteiger partial charge in [-0.1, -0.05) is 35.0 Å². The summed E-state index contributed by atoms with van der Waals surface area (Å²) in [6.07, 6.45) is 0. The van der Waals surface area contributed by atoms with E-state index in [9.17, 15) is 4.79 Å². The first-order valence-electron chi connectivity index (χ1n) is 8.48. The molecule has 0 unspecified atom stereocenters. The summed E-state index contributed by atoms with van der Waals surface area (Å²) in [5.41, 5.74) is 3.27. The van der Waals surface area contributed by atoms with Gasteiger partial charge in [0.25, 0.3) is 5.89 Å². The molecule has 3 heterocycles. The van der Waals surface area contributed by atoms with Crippen molar-refractivity contribution in [1.29, 1.82) is 0 Å². The third-order valence-electron chi connectivity index (χ3n) is 4.16. The Morgan fingerprint density at radius 3 is 2.70 bits per heavy atom. The molecule has 4 rings (SSSR count). The van der Waals surface area contributed by atoms with Crippen LogP contribution < -0.4 is 0 Å². The molecule has 27 heavy (non-hydrogen) atoms. The number of nitrogens with zero attached hydrogens (tertiary/aromatic N) is 4. The van der Waals surface area contributed by atoms with Crippen LogP contribution in [0.5, 0.6) is 0 Å². The van der Waals surface area contributed by atoms with Crippen LogP contribution in [0.1, 0.15) is 38.2 Å². The molecule has 0 amide bonds. The SMILES string of the molecule is Cc1ccc(Cn2nc(C)c3cc(C(=O)OCc4nc(C)no4)sc32)cc1. The van der Waals surface area contributed by atoms with Gasteiger partial charge in [0.1, 0.15) is 9.71 Å². The number of benzene rings is 1. The maximum atomic E-state index is 12.4. The summed E-state index contributed by atoms with van der Waals surface area (Å²) in [7, 11) is 0. The van der Waals surface area contributed by atoms with Gasteiger partial charge in [0.2, 0.25) is 0 Å². The number of rotatable bonds is 5. The van der Waals surface area contributed by atoms with Gasteiger partial charge in [0, 0.05) is 5.39 Å². The fraction of sp³-hybridized carbons (Fsp3) is 0.263. The summed E-state index contributed by atoms with van der Waals surface area (Å²) >= 11 is 1.37. The van der Waals surface area contributed by atoms with Crippen molar-refractivity contribution in [2.75, 3.05) is 0 Å². The van der Waals surface area contributed by atoms with Gasteiger partial charge in [-0.2, -0.15) is 10.1 Å². The Kier molecular flexibility index (Phi) is 4.49. The molecule has 0 spiro atoms. The summed E-state index contributed by atoms with van der Waals surface area (Å²) in [6.45, 7) is 6.33. The molecule has 0 radical (unpaired) electrons. The molecule has 3 aromatic heterocycles. The van der Waals surface area contributed by atoms with Gasteiger partial charge in [-0.3, -0.25) is 4.68 Å². The van der Waals surface area contributed by atoms with E-state index in [2.05, 4.69) is 46.4 Å². The van der Waals surface area contributed by atoms with Crippen molar-refractivity contribution in [3.05, 3.63) is 63.7 Å². The van der Waals surface area contributed by atoms with Crippen molar-refractivity contribution in [1.82, 2.24) is 19.9 Å². The predicted octanol–water partition coefficient (Wildman–Crippen LogP) is 3.81. The van der Waals surface area contributed by atoms with Crippen LogP contribution in [0.15, 0.2) is 34.9 Å². The first-order chi connectivity index (χ1) is 13.0. The number of carbonyl (C=O) groups is 1. The monoisotopic (exact) mass is 382 g/mol. The topological polar surface area (TPSA) is 83.0 Å². The van der Waals surface area contributed by atoms with E-state index in [0.717, 1.165) is 21.5 Å². The smallest absolute Gasteiger partial charge is 0.348 e. The van der Waals surface area contributed by atoms with E-state index in [1.807, 2.05) is 17.7 Å². The molecule has 7 nitrogen and oxygen atoms in total. The number of carbonyl (C=O) groups excluding carboxylic acids is 1. The molecule has 138 valence electrons. The van der Waals surface area contributed by atoms with E-state index in [1.54, 1.807) is 6.92 Å². The van der Waals surface area contributed by atoms with Gasteiger partial charge in [0.05, 0.1) is 12.2 Å². The van der Waals surface area contributed by atoms with Crippen LogP contribution in [0.2, 0.25) is 0 Å². The maximum absolute atomic E-state index is 12.4. The molecule has 0 aliphatic rings. The zero-order chi connectivity index (χ0) is 19.0. The molecule has 0 bridgehead atoms. The fourth-order valence-corrected chi connectivity index (χ4v) is 3.84. The maximum Gasteiger partial charge on any atom is 0.348 e. The van der Waals surface area contributed by atoms with Crippen LogP contribution in [-0.2, 0) is 17.9 Å². The number of hydrogen-bond donors (Lipinski definition) is 0. The van der Waals surface area contributed by atoms with E-state index in [-0.39, 0.29) is 12.5 Å². The van der Waals surface area contributed by atoms with Crippen LogP contribution >= 0.6 is 11.3 Å². The average Bonchev–Trinajstić information content (AvgIpc) is 3.33. The van der Waals surface area contributed by atoms with Crippen molar-refractivity contribution in [3.63, 3.8) is 0 Å². The zero-order valence-corrected chi connectivity index (χ0v) is 16.0. The second-order valence-electron chi connectivity index (χ2n) is 6.37. The molecular weight excluding hydrogens is 364 g/mol. The van der Waals surface area contributed by atoms with E-state index in [1.165, 1.54) is 16.9 Å². The normalized spacial score (nSPS) is 11.2. The lowest BCUT2D eigenvalue weighted by molar-refractivity contribution is 0.0435. The highest BCUT2D eigenvalue weighted by atomic mass is 32.1. The number of fused-ring (bicyclic) bond motifs is 1. The molecule has 0 saturated carbocycles. The highest BCUT2D eigenvalue weighted by Gasteiger charge is 2.18. The minimum atomic E-state index is -0.409. The van der Waals surface area contributed by atoms with Crippen molar-refractivity contribution < 1.29 is 14.1 Å². The van der Waals surface area contributed by atoms with Crippen LogP contribution in [-0.4, -0.2) is 25.9 Å². The Hall–Kier alpha value is -3.00. The molecule has 0 aliphatic carbocycles. The largest absolute Gasteiger partial charge is 0.451 e. The van der Waals surface area contributed by atoms with Crippen molar-refractivity contribution in [2.24, 2.45) is 0 Å². The van der Waals surface area contributed by atoms with E-state index in [0.29, 0.717) is 17.2 Å². The third-order valence-corrected chi connectivity index (χ3v) is 5.29. The highest BCUT2D eigenvalue weighted by Crippen LogP contribution is 2.29. The third kappa shape index (κ3) is 3.61. The van der Waals surface area contributed by atoms with Crippen LogP contribution in [0.3, 0.4) is 0 Å². The average molecular weight is 382 g/mol. The molecular formula is C19H18N4O3S. The molecule has 0 N–H and O–H groups in total. The number of thiophene rings is 1. The molecule has 0 fully saturated rings. The lowest BCUT2D eigenvalue weighted by Gasteiger charge is -2.03. The minimum absolute atomic E-state index is 0.0393. The van der Waals surface area contributed by atoms with Crippen LogP contribution in [0, 0.1) is 20.8 Å². The lowest BCUT2D eigenvalue weighted by Crippen LogP contribution is -2.04. The van der Waals surface area contributed by atoms with Crippen LogP contribution in [0.4, 0.5) is 0 Å². The Morgan fingerprint density at radius 1 is 1.22 bits per heavy atom. The Balaban J connectivity index is 1.54. The van der Waals surface area contributed by atoms with Crippen molar-refractivity contribution in [2.45, 2.75) is 33.9 Å². The Morgan fingerprint density at radius 2 is 2.00 bits per heavy atom. The molecule has 1 aromatic carbocycles. The highest BCUT2D eigenvalue weighted by molar-refractivity contribution is 7.20. The molecule has 0 atom stereocenters. The summed E-state index contributed by atoms with van der Waals surface area (Å²) in [6, 6.07) is 10.2. The number of ether oxygens (including phenoxy) is 1. The number of esters is 1. The number of aryl methyl sites for hydroxylation is 3. The minimum Gasteiger partial charge on any atom is -0.451 e. The standard InChI is InChI=1S/C19H18N4O3S/c1-11-4-6-14(7-5-11)9-23-18-15(12(2)21-23)8-16(27-18)19(24)25-10-17-20-13(3)22-26-17/h4-8H,9-10H2,1-3H3. The van der Waals surface area contributed by atoms with E-state index < -0.39 is 5.97 Å². The van der Waals surface area contributed by atoms with Crippen LogP contribution in [0.25, 0.3) is 10.2 Å². The fourth-order valence-electron chi connectivity index (χ4n) is 2.78. The second kappa shape index (κ2) is 6.96. The summed E-state index contributed by atoms with van der Waals surface area (Å²) in [5, 5.41) is 9.25. The van der Waals surface area contributed by atoms with Gasteiger partial charge in [-0.25, -0.2) is 4.79 Å². The van der Waals surface area contributed by atoms with E-state index in [4.69, 9.17) is 9.26 Å². The van der Waals surface area contributed by atoms with Gasteiger partial charge >= 0.3 is 5.97 Å². The van der Waals surface area contributed by atoms with Gasteiger partial charge < -0.3 is 9.26 Å². The van der Waals surface area contributed by atoms with Gasteiger partial charge in [-0.05, 0) is 32.4 Å². The Labute approximate surface area is 159 Å². The zero-order valence-electron chi connectivity index (χ0n) is 15.2. The second-order valence-corrected chi connectivity index (χ2v) is 7.40. The lowest BCUT2D eigenvalue weighted by atomic mass is 10.1. The quantitative estimate of drug-likeness (QED) is 0.488. The molecule has 8 heteroatoms. The summed E-state index contributed by atoms with van der Waals surface area (Å²) in [5.74, 6) is 0.381. The summed E-state index contributed by atoms with van der Waals surface area (Å²) in [4.78, 5) is 17.9. The molecule has 0 aliphatic heterocycles. The van der Waals surface area contributed by atoms with E-state index >= 15 is 0 Å². The van der Waals surface area contributed by atoms with Crippen molar-refractivity contribution in [3.8, 4) is 0 Å². The van der Waals surface area contributed by atoms with Gasteiger partial charge in [-0.15, -0.1) is 11.3 Å². The summed E-state index contributed by atoms with van der Waals surface area (Å²) < 4.78 is 12.2.